The van der Waals surface area contributed by atoms with Gasteiger partial charge in [0.25, 0.3) is 0 Å². The summed E-state index contributed by atoms with van der Waals surface area (Å²) in [5.74, 6) is 1.02. The van der Waals surface area contributed by atoms with Crippen molar-refractivity contribution in [3.8, 4) is 0 Å². The zero-order chi connectivity index (χ0) is 20.1. The number of anilines is 1. The number of carbonyl (C=O) groups is 1. The van der Waals surface area contributed by atoms with E-state index >= 15 is 0 Å². The molecule has 2 saturated heterocycles. The number of amides is 1. The third kappa shape index (κ3) is 4.70. The summed E-state index contributed by atoms with van der Waals surface area (Å²) < 4.78 is 11.1. The van der Waals surface area contributed by atoms with Crippen LogP contribution < -0.4 is 4.90 Å². The van der Waals surface area contributed by atoms with Crippen LogP contribution >= 0.6 is 0 Å². The molecular formula is C23H29N3O3. The highest BCUT2D eigenvalue weighted by atomic mass is 16.6. The maximum absolute atomic E-state index is 12.8. The van der Waals surface area contributed by atoms with Crippen LogP contribution in [0.1, 0.15) is 42.0 Å². The normalized spacial score (nSPS) is 19.8. The van der Waals surface area contributed by atoms with Gasteiger partial charge in [-0.25, -0.2) is 9.78 Å². The first-order chi connectivity index (χ1) is 14.2. The first kappa shape index (κ1) is 19.7. The van der Waals surface area contributed by atoms with Gasteiger partial charge in [0, 0.05) is 25.8 Å². The smallest absolute Gasteiger partial charge is 0.410 e. The minimum atomic E-state index is -0.242. The molecule has 0 radical (unpaired) electrons. The minimum Gasteiger partial charge on any atom is -0.445 e. The number of aryl methyl sites for hydroxylation is 1. The summed E-state index contributed by atoms with van der Waals surface area (Å²) in [4.78, 5) is 21.7. The number of morpholine rings is 1. The van der Waals surface area contributed by atoms with Gasteiger partial charge in [-0.1, -0.05) is 30.3 Å². The van der Waals surface area contributed by atoms with Crippen LogP contribution in [0.25, 0.3) is 0 Å². The fraction of sp³-hybridized carbons (Fsp3) is 0.478. The van der Waals surface area contributed by atoms with E-state index < -0.39 is 0 Å². The molecule has 1 aromatic carbocycles. The van der Waals surface area contributed by atoms with Gasteiger partial charge in [-0.2, -0.15) is 0 Å². The molecule has 0 spiro atoms. The number of nitrogens with zero attached hydrogens (tertiary/aromatic N) is 3. The van der Waals surface area contributed by atoms with E-state index in [1.54, 1.807) is 0 Å². The summed E-state index contributed by atoms with van der Waals surface area (Å²) >= 11 is 0. The van der Waals surface area contributed by atoms with Crippen LogP contribution in [0.5, 0.6) is 0 Å². The molecule has 2 aromatic rings. The summed E-state index contributed by atoms with van der Waals surface area (Å²) in [6.45, 7) is 6.35. The average Bonchev–Trinajstić information content (AvgIpc) is 2.78. The number of likely N-dealkylation sites (tertiary alicyclic amines) is 1. The lowest BCUT2D eigenvalue weighted by atomic mass is 9.96. The van der Waals surface area contributed by atoms with Gasteiger partial charge in [0.15, 0.2) is 0 Å². The van der Waals surface area contributed by atoms with Crippen molar-refractivity contribution in [2.24, 2.45) is 0 Å². The monoisotopic (exact) mass is 395 g/mol. The number of hydrogen-bond donors (Lipinski definition) is 0. The summed E-state index contributed by atoms with van der Waals surface area (Å²) in [5.41, 5.74) is 3.24. The highest BCUT2D eigenvalue weighted by Crippen LogP contribution is 2.33. The van der Waals surface area contributed by atoms with Crippen LogP contribution in [-0.4, -0.2) is 48.8 Å². The minimum absolute atomic E-state index is 0.0250. The van der Waals surface area contributed by atoms with Crippen molar-refractivity contribution in [2.75, 3.05) is 37.7 Å². The molecule has 2 aliphatic rings. The molecule has 2 aliphatic heterocycles. The van der Waals surface area contributed by atoms with Crippen LogP contribution in [0, 0.1) is 6.92 Å². The van der Waals surface area contributed by atoms with E-state index in [1.807, 2.05) is 41.4 Å². The second-order valence-corrected chi connectivity index (χ2v) is 7.75. The van der Waals surface area contributed by atoms with Crippen molar-refractivity contribution in [1.82, 2.24) is 9.88 Å². The molecule has 0 N–H and O–H groups in total. The first-order valence-corrected chi connectivity index (χ1v) is 10.5. The molecule has 154 valence electrons. The molecule has 6 heteroatoms. The highest BCUT2D eigenvalue weighted by Gasteiger charge is 2.30. The summed E-state index contributed by atoms with van der Waals surface area (Å²) in [5, 5.41) is 0. The third-order valence-corrected chi connectivity index (χ3v) is 5.71. The molecule has 1 atom stereocenters. The molecule has 2 fully saturated rings. The Hall–Kier alpha value is -2.60. The highest BCUT2D eigenvalue weighted by molar-refractivity contribution is 5.68. The lowest BCUT2D eigenvalue weighted by Crippen LogP contribution is -2.39. The number of ether oxygens (including phenoxy) is 2. The van der Waals surface area contributed by atoms with Gasteiger partial charge >= 0.3 is 6.09 Å². The van der Waals surface area contributed by atoms with E-state index in [4.69, 9.17) is 14.5 Å². The lowest BCUT2D eigenvalue weighted by Gasteiger charge is -2.35. The molecule has 3 heterocycles. The number of rotatable bonds is 4. The quantitative estimate of drug-likeness (QED) is 0.780. The number of aromatic nitrogens is 1. The van der Waals surface area contributed by atoms with Gasteiger partial charge in [-0.05, 0) is 48.9 Å². The average molecular weight is 396 g/mol. The number of benzene rings is 1. The zero-order valence-electron chi connectivity index (χ0n) is 17.0. The van der Waals surface area contributed by atoms with Gasteiger partial charge in [0.05, 0.1) is 19.3 Å². The summed E-state index contributed by atoms with van der Waals surface area (Å²) in [6, 6.07) is 12.0. The zero-order valence-corrected chi connectivity index (χ0v) is 17.0. The van der Waals surface area contributed by atoms with E-state index in [0.717, 1.165) is 74.6 Å². The predicted octanol–water partition coefficient (Wildman–Crippen LogP) is 4.09. The Labute approximate surface area is 172 Å². The van der Waals surface area contributed by atoms with Crippen LogP contribution in [-0.2, 0) is 16.1 Å². The lowest BCUT2D eigenvalue weighted by molar-refractivity contribution is 0.0678. The maximum atomic E-state index is 12.8. The molecule has 0 aliphatic carbocycles. The van der Waals surface area contributed by atoms with E-state index in [1.165, 1.54) is 0 Å². The number of hydrogen-bond acceptors (Lipinski definition) is 5. The Morgan fingerprint density at radius 3 is 2.72 bits per heavy atom. The summed E-state index contributed by atoms with van der Waals surface area (Å²) in [7, 11) is 0. The molecule has 29 heavy (non-hydrogen) atoms. The molecule has 6 nitrogen and oxygen atoms in total. The van der Waals surface area contributed by atoms with Gasteiger partial charge in [-0.3, -0.25) is 0 Å². The van der Waals surface area contributed by atoms with E-state index in [9.17, 15) is 4.79 Å². The van der Waals surface area contributed by atoms with Crippen LogP contribution in [0.3, 0.4) is 0 Å². The number of pyridine rings is 1. The van der Waals surface area contributed by atoms with Gasteiger partial charge < -0.3 is 19.3 Å². The predicted molar refractivity (Wildman–Crippen MR) is 112 cm³/mol. The van der Waals surface area contributed by atoms with Crippen molar-refractivity contribution in [3.63, 3.8) is 0 Å². The first-order valence-electron chi connectivity index (χ1n) is 10.5. The summed E-state index contributed by atoms with van der Waals surface area (Å²) in [6.07, 6.45) is 4.75. The van der Waals surface area contributed by atoms with Gasteiger partial charge in [-0.15, -0.1) is 0 Å². The number of carbonyl (C=O) groups excluding carboxylic acids is 1. The second kappa shape index (κ2) is 9.27. The Morgan fingerprint density at radius 1 is 1.17 bits per heavy atom. The van der Waals surface area contributed by atoms with Crippen molar-refractivity contribution in [2.45, 2.75) is 38.8 Å². The number of piperidine rings is 1. The van der Waals surface area contributed by atoms with Gasteiger partial charge in [0.2, 0.25) is 0 Å². The van der Waals surface area contributed by atoms with Crippen LogP contribution in [0.4, 0.5) is 10.6 Å². The van der Waals surface area contributed by atoms with E-state index in [-0.39, 0.29) is 12.1 Å². The third-order valence-electron chi connectivity index (χ3n) is 5.71. The molecular weight excluding hydrogens is 366 g/mol. The Bertz CT molecular complexity index is 821. The van der Waals surface area contributed by atoms with Crippen molar-refractivity contribution < 1.29 is 14.3 Å². The van der Waals surface area contributed by atoms with E-state index in [0.29, 0.717) is 6.61 Å². The van der Waals surface area contributed by atoms with Crippen molar-refractivity contribution in [1.29, 1.82) is 0 Å². The molecule has 0 unspecified atom stereocenters. The van der Waals surface area contributed by atoms with E-state index in [2.05, 4.69) is 17.9 Å². The Balaban J connectivity index is 1.46. The topological polar surface area (TPSA) is 54.9 Å². The van der Waals surface area contributed by atoms with Crippen molar-refractivity contribution in [3.05, 3.63) is 59.3 Å². The van der Waals surface area contributed by atoms with Crippen LogP contribution in [0.15, 0.2) is 42.6 Å². The Morgan fingerprint density at radius 2 is 1.97 bits per heavy atom. The molecule has 4 rings (SSSR count). The molecule has 0 bridgehead atoms. The molecule has 1 aromatic heterocycles. The standard InChI is InChI=1S/C23H29N3O3/c1-18-15-20(16-24-22(18)25-11-13-28-14-12-25)21-9-5-6-10-26(21)23(27)29-17-19-7-3-2-4-8-19/h2-4,7-8,15-16,21H,5-6,9-14,17H2,1H3/t21-/m0/s1. The maximum Gasteiger partial charge on any atom is 0.410 e. The SMILES string of the molecule is Cc1cc([C@@H]2CCCCN2C(=O)OCc2ccccc2)cnc1N1CCOCC1. The Kier molecular flexibility index (Phi) is 6.30. The van der Waals surface area contributed by atoms with Crippen LogP contribution in [0.2, 0.25) is 0 Å². The van der Waals surface area contributed by atoms with Gasteiger partial charge in [0.1, 0.15) is 12.4 Å². The van der Waals surface area contributed by atoms with Crippen molar-refractivity contribution >= 4 is 11.9 Å². The second-order valence-electron chi connectivity index (χ2n) is 7.75. The molecule has 1 amide bonds. The largest absolute Gasteiger partial charge is 0.445 e. The molecule has 0 saturated carbocycles. The fourth-order valence-corrected chi connectivity index (χ4v) is 4.18. The fourth-order valence-electron chi connectivity index (χ4n) is 4.18.